The van der Waals surface area contributed by atoms with Gasteiger partial charge in [-0.25, -0.2) is 0 Å². The molecule has 142 valence electrons. The van der Waals surface area contributed by atoms with E-state index in [0.29, 0.717) is 6.54 Å². The summed E-state index contributed by atoms with van der Waals surface area (Å²) >= 11 is 0. The van der Waals surface area contributed by atoms with Gasteiger partial charge in [0, 0.05) is 51.0 Å². The van der Waals surface area contributed by atoms with Crippen LogP contribution in [0.5, 0.6) is 0 Å². The van der Waals surface area contributed by atoms with Crippen LogP contribution in [0, 0.1) is 0 Å². The number of benzene rings is 2. The van der Waals surface area contributed by atoms with Gasteiger partial charge in [-0.05, 0) is 29.8 Å². The van der Waals surface area contributed by atoms with Gasteiger partial charge in [0.1, 0.15) is 0 Å². The molecule has 1 saturated heterocycles. The molecule has 0 bridgehead atoms. The van der Waals surface area contributed by atoms with Crippen molar-refractivity contribution >= 4 is 23.2 Å². The molecular formula is C21H26N4O2. The molecular weight excluding hydrogens is 340 g/mol. The second-order valence-corrected chi connectivity index (χ2v) is 6.84. The zero-order valence-corrected chi connectivity index (χ0v) is 15.6. The third kappa shape index (κ3) is 6.20. The highest BCUT2D eigenvalue weighted by Gasteiger charge is 2.19. The van der Waals surface area contributed by atoms with Gasteiger partial charge < -0.3 is 10.6 Å². The fraction of sp³-hybridized carbons (Fsp3) is 0.333. The third-order valence-corrected chi connectivity index (χ3v) is 4.57. The third-order valence-electron chi connectivity index (χ3n) is 4.57. The van der Waals surface area contributed by atoms with Crippen LogP contribution in [0.1, 0.15) is 12.5 Å². The van der Waals surface area contributed by atoms with Crippen molar-refractivity contribution in [3.05, 3.63) is 60.2 Å². The van der Waals surface area contributed by atoms with Gasteiger partial charge in [0.25, 0.3) is 0 Å². The van der Waals surface area contributed by atoms with Gasteiger partial charge in [0.2, 0.25) is 11.8 Å². The smallest absolute Gasteiger partial charge is 0.238 e. The number of anilines is 2. The molecule has 2 N–H and O–H groups in total. The van der Waals surface area contributed by atoms with Crippen molar-refractivity contribution in [1.29, 1.82) is 0 Å². The summed E-state index contributed by atoms with van der Waals surface area (Å²) in [5.41, 5.74) is 2.78. The van der Waals surface area contributed by atoms with Gasteiger partial charge in [-0.2, -0.15) is 0 Å². The lowest BCUT2D eigenvalue weighted by molar-refractivity contribution is -0.117. The Morgan fingerprint density at radius 1 is 0.815 bits per heavy atom. The van der Waals surface area contributed by atoms with E-state index in [1.54, 1.807) is 24.3 Å². The molecule has 2 amide bonds. The summed E-state index contributed by atoms with van der Waals surface area (Å²) in [5.74, 6) is -0.128. The second kappa shape index (κ2) is 9.30. The van der Waals surface area contributed by atoms with E-state index in [4.69, 9.17) is 0 Å². The molecule has 0 saturated carbocycles. The molecule has 0 radical (unpaired) electrons. The van der Waals surface area contributed by atoms with Crippen LogP contribution >= 0.6 is 0 Å². The van der Waals surface area contributed by atoms with Crippen molar-refractivity contribution < 1.29 is 9.59 Å². The highest BCUT2D eigenvalue weighted by Crippen LogP contribution is 2.14. The van der Waals surface area contributed by atoms with Crippen molar-refractivity contribution in [2.24, 2.45) is 0 Å². The van der Waals surface area contributed by atoms with E-state index in [-0.39, 0.29) is 11.8 Å². The summed E-state index contributed by atoms with van der Waals surface area (Å²) in [7, 11) is 0. The molecule has 0 spiro atoms. The van der Waals surface area contributed by atoms with Crippen LogP contribution in [-0.2, 0) is 16.1 Å². The molecule has 3 rings (SSSR count). The van der Waals surface area contributed by atoms with E-state index in [9.17, 15) is 9.59 Å². The maximum atomic E-state index is 12.3. The average Bonchev–Trinajstić information content (AvgIpc) is 2.65. The number of rotatable bonds is 6. The first-order valence-corrected chi connectivity index (χ1v) is 9.24. The van der Waals surface area contributed by atoms with Gasteiger partial charge in [-0.15, -0.1) is 0 Å². The quantitative estimate of drug-likeness (QED) is 0.824. The van der Waals surface area contributed by atoms with E-state index in [2.05, 4.69) is 44.7 Å². The normalized spacial score (nSPS) is 15.3. The highest BCUT2D eigenvalue weighted by atomic mass is 16.2. The Hall–Kier alpha value is -2.70. The Balaban J connectivity index is 1.41. The number of amides is 2. The predicted molar refractivity (Wildman–Crippen MR) is 108 cm³/mol. The van der Waals surface area contributed by atoms with Crippen molar-refractivity contribution in [3.8, 4) is 0 Å². The van der Waals surface area contributed by atoms with Crippen LogP contribution in [0.3, 0.4) is 0 Å². The molecule has 27 heavy (non-hydrogen) atoms. The molecule has 1 fully saturated rings. The van der Waals surface area contributed by atoms with Crippen molar-refractivity contribution in [3.63, 3.8) is 0 Å². The van der Waals surface area contributed by atoms with Gasteiger partial charge in [-0.1, -0.05) is 30.3 Å². The van der Waals surface area contributed by atoms with E-state index in [0.717, 1.165) is 44.1 Å². The van der Waals surface area contributed by atoms with Crippen LogP contribution < -0.4 is 10.6 Å². The first kappa shape index (κ1) is 19.1. The minimum absolute atomic E-state index is 0.0150. The second-order valence-electron chi connectivity index (χ2n) is 6.84. The Bertz CT molecular complexity index is 754. The average molecular weight is 366 g/mol. The van der Waals surface area contributed by atoms with Crippen molar-refractivity contribution in [2.45, 2.75) is 13.5 Å². The number of nitrogens with one attached hydrogen (secondary N) is 2. The lowest BCUT2D eigenvalue weighted by Gasteiger charge is -2.34. The van der Waals surface area contributed by atoms with Crippen molar-refractivity contribution in [2.75, 3.05) is 43.4 Å². The molecule has 2 aromatic carbocycles. The topological polar surface area (TPSA) is 64.7 Å². The minimum atomic E-state index is -0.113. The van der Waals surface area contributed by atoms with E-state index < -0.39 is 0 Å². The number of carbonyl (C=O) groups excluding carboxylic acids is 2. The molecule has 0 aromatic heterocycles. The summed E-state index contributed by atoms with van der Waals surface area (Å²) in [5, 5.41) is 5.62. The Morgan fingerprint density at radius 2 is 1.37 bits per heavy atom. The van der Waals surface area contributed by atoms with Crippen LogP contribution in [0.4, 0.5) is 11.4 Å². The zero-order chi connectivity index (χ0) is 19.1. The number of hydrogen-bond donors (Lipinski definition) is 2. The van der Waals surface area contributed by atoms with Gasteiger partial charge in [0.05, 0.1) is 6.54 Å². The first-order valence-electron chi connectivity index (χ1n) is 9.24. The Kier molecular flexibility index (Phi) is 6.57. The maximum absolute atomic E-state index is 12.3. The number of hydrogen-bond acceptors (Lipinski definition) is 4. The number of nitrogens with zero attached hydrogens (tertiary/aromatic N) is 2. The summed E-state index contributed by atoms with van der Waals surface area (Å²) < 4.78 is 0. The SMILES string of the molecule is CC(=O)Nc1ccc(NC(=O)CN2CCN(Cc3ccccc3)CC2)cc1. The maximum Gasteiger partial charge on any atom is 0.238 e. The summed E-state index contributed by atoms with van der Waals surface area (Å²) in [6.45, 7) is 6.54. The lowest BCUT2D eigenvalue weighted by atomic mass is 10.2. The van der Waals surface area contributed by atoms with Crippen LogP contribution in [-0.4, -0.2) is 54.3 Å². The van der Waals surface area contributed by atoms with Crippen LogP contribution in [0.15, 0.2) is 54.6 Å². The molecule has 0 aliphatic carbocycles. The molecule has 0 unspecified atom stereocenters. The molecule has 6 heteroatoms. The Morgan fingerprint density at radius 3 is 1.96 bits per heavy atom. The van der Waals surface area contributed by atoms with E-state index in [1.165, 1.54) is 12.5 Å². The van der Waals surface area contributed by atoms with E-state index in [1.807, 2.05) is 6.07 Å². The Labute approximate surface area is 160 Å². The highest BCUT2D eigenvalue weighted by molar-refractivity contribution is 5.93. The summed E-state index contributed by atoms with van der Waals surface area (Å²) in [6.07, 6.45) is 0. The predicted octanol–water partition coefficient (Wildman–Crippen LogP) is 2.40. The molecule has 1 heterocycles. The van der Waals surface area contributed by atoms with Crippen molar-refractivity contribution in [1.82, 2.24) is 9.80 Å². The first-order chi connectivity index (χ1) is 13.1. The molecule has 1 aliphatic heterocycles. The van der Waals surface area contributed by atoms with Gasteiger partial charge >= 0.3 is 0 Å². The largest absolute Gasteiger partial charge is 0.326 e. The minimum Gasteiger partial charge on any atom is -0.326 e. The molecule has 0 atom stereocenters. The molecule has 6 nitrogen and oxygen atoms in total. The van der Waals surface area contributed by atoms with Crippen LogP contribution in [0.25, 0.3) is 0 Å². The standard InChI is InChI=1S/C21H26N4O2/c1-17(26)22-19-7-9-20(10-8-19)23-21(27)16-25-13-11-24(12-14-25)15-18-5-3-2-4-6-18/h2-10H,11-16H2,1H3,(H,22,26)(H,23,27). The number of carbonyl (C=O) groups is 2. The van der Waals surface area contributed by atoms with Crippen LogP contribution in [0.2, 0.25) is 0 Å². The summed E-state index contributed by atoms with van der Waals surface area (Å²) in [4.78, 5) is 27.9. The number of piperazine rings is 1. The van der Waals surface area contributed by atoms with Gasteiger partial charge in [0.15, 0.2) is 0 Å². The zero-order valence-electron chi connectivity index (χ0n) is 15.6. The fourth-order valence-corrected chi connectivity index (χ4v) is 3.19. The fourth-order valence-electron chi connectivity index (χ4n) is 3.19. The lowest BCUT2D eigenvalue weighted by Crippen LogP contribution is -2.48. The monoisotopic (exact) mass is 366 g/mol. The van der Waals surface area contributed by atoms with Gasteiger partial charge in [-0.3, -0.25) is 19.4 Å². The molecule has 2 aromatic rings. The summed E-state index contributed by atoms with van der Waals surface area (Å²) in [6, 6.07) is 17.6. The van der Waals surface area contributed by atoms with E-state index >= 15 is 0 Å². The molecule has 1 aliphatic rings.